The molecule has 3 nitrogen and oxygen atoms in total. The van der Waals surface area contributed by atoms with Gasteiger partial charge in [0.25, 0.3) is 0 Å². The summed E-state index contributed by atoms with van der Waals surface area (Å²) in [4.78, 5) is 7.55. The van der Waals surface area contributed by atoms with E-state index in [0.717, 1.165) is 17.1 Å². The zero-order valence-electron chi connectivity index (χ0n) is 8.51. The van der Waals surface area contributed by atoms with E-state index in [1.807, 2.05) is 42.0 Å². The van der Waals surface area contributed by atoms with Gasteiger partial charge in [-0.05, 0) is 19.1 Å². The SMILES string of the molecule is [C-]#[N+]Cc1cccc(-n2ccnc2C)c1. The van der Waals surface area contributed by atoms with Crippen LogP contribution in [-0.2, 0) is 6.54 Å². The van der Waals surface area contributed by atoms with Crippen LogP contribution in [0.1, 0.15) is 11.4 Å². The standard InChI is InChI=1S/C12H11N3/c1-10-14-6-7-15(10)12-5-3-4-11(8-12)9-13-2/h3-8H,9H2,1H3. The van der Waals surface area contributed by atoms with Gasteiger partial charge in [0.15, 0.2) is 0 Å². The number of hydrogen-bond donors (Lipinski definition) is 0. The Morgan fingerprint density at radius 3 is 3.00 bits per heavy atom. The van der Waals surface area contributed by atoms with Gasteiger partial charge in [0.1, 0.15) is 5.82 Å². The molecule has 0 fully saturated rings. The van der Waals surface area contributed by atoms with Crippen molar-refractivity contribution in [3.8, 4) is 5.69 Å². The molecule has 0 atom stereocenters. The minimum atomic E-state index is 0.432. The lowest BCUT2D eigenvalue weighted by atomic mass is 10.2. The van der Waals surface area contributed by atoms with Crippen molar-refractivity contribution in [2.24, 2.45) is 0 Å². The zero-order chi connectivity index (χ0) is 10.7. The van der Waals surface area contributed by atoms with Crippen molar-refractivity contribution in [3.05, 3.63) is 59.5 Å². The maximum absolute atomic E-state index is 6.83. The van der Waals surface area contributed by atoms with Gasteiger partial charge in [-0.15, -0.1) is 0 Å². The molecule has 0 radical (unpaired) electrons. The highest BCUT2D eigenvalue weighted by molar-refractivity contribution is 5.37. The van der Waals surface area contributed by atoms with Gasteiger partial charge in [0, 0.05) is 23.6 Å². The third-order valence-electron chi connectivity index (χ3n) is 2.28. The van der Waals surface area contributed by atoms with Crippen LogP contribution in [0.2, 0.25) is 0 Å². The Bertz CT molecular complexity index is 506. The molecular formula is C12H11N3. The van der Waals surface area contributed by atoms with Crippen molar-refractivity contribution >= 4 is 0 Å². The largest absolute Gasteiger partial charge is 0.312 e. The molecule has 0 amide bonds. The summed E-state index contributed by atoms with van der Waals surface area (Å²) in [6.45, 7) is 9.23. The van der Waals surface area contributed by atoms with E-state index >= 15 is 0 Å². The lowest BCUT2D eigenvalue weighted by Gasteiger charge is -2.05. The molecule has 1 aromatic heterocycles. The summed E-state index contributed by atoms with van der Waals surface area (Å²) in [5.41, 5.74) is 2.10. The predicted octanol–water partition coefficient (Wildman–Crippen LogP) is 2.60. The van der Waals surface area contributed by atoms with Gasteiger partial charge < -0.3 is 9.41 Å². The highest BCUT2D eigenvalue weighted by atomic mass is 15.1. The summed E-state index contributed by atoms with van der Waals surface area (Å²) in [5, 5.41) is 0. The fraction of sp³-hybridized carbons (Fsp3) is 0.167. The van der Waals surface area contributed by atoms with E-state index in [4.69, 9.17) is 6.57 Å². The molecular weight excluding hydrogens is 186 g/mol. The summed E-state index contributed by atoms with van der Waals surface area (Å²) in [6, 6.07) is 7.97. The summed E-state index contributed by atoms with van der Waals surface area (Å²) in [7, 11) is 0. The second-order valence-corrected chi connectivity index (χ2v) is 3.33. The fourth-order valence-electron chi connectivity index (χ4n) is 1.55. The van der Waals surface area contributed by atoms with Crippen LogP contribution in [-0.4, -0.2) is 9.55 Å². The van der Waals surface area contributed by atoms with Gasteiger partial charge in [-0.1, -0.05) is 12.1 Å². The molecule has 74 valence electrons. The normalized spacial score (nSPS) is 9.87. The summed E-state index contributed by atoms with van der Waals surface area (Å²) < 4.78 is 2.01. The number of rotatable bonds is 2. The van der Waals surface area contributed by atoms with Crippen molar-refractivity contribution in [3.63, 3.8) is 0 Å². The van der Waals surface area contributed by atoms with Crippen LogP contribution in [0, 0.1) is 13.5 Å². The lowest BCUT2D eigenvalue weighted by Crippen LogP contribution is -1.96. The maximum Gasteiger partial charge on any atom is 0.239 e. The number of hydrogen-bond acceptors (Lipinski definition) is 1. The second kappa shape index (κ2) is 3.97. The molecule has 0 bridgehead atoms. The third kappa shape index (κ3) is 1.89. The maximum atomic E-state index is 6.83. The quantitative estimate of drug-likeness (QED) is 0.678. The van der Waals surface area contributed by atoms with Crippen molar-refractivity contribution in [1.29, 1.82) is 0 Å². The molecule has 0 N–H and O–H groups in total. The topological polar surface area (TPSA) is 22.2 Å². The first-order valence-corrected chi connectivity index (χ1v) is 4.74. The molecule has 1 heterocycles. The second-order valence-electron chi connectivity index (χ2n) is 3.33. The first kappa shape index (κ1) is 9.47. The van der Waals surface area contributed by atoms with Crippen LogP contribution in [0.4, 0.5) is 0 Å². The molecule has 0 spiro atoms. The van der Waals surface area contributed by atoms with Crippen molar-refractivity contribution < 1.29 is 0 Å². The lowest BCUT2D eigenvalue weighted by molar-refractivity contribution is 0.971. The highest BCUT2D eigenvalue weighted by Crippen LogP contribution is 2.13. The van der Waals surface area contributed by atoms with Gasteiger partial charge in [-0.2, -0.15) is 0 Å². The Balaban J connectivity index is 2.42. The number of aromatic nitrogens is 2. The minimum absolute atomic E-state index is 0.432. The Hall–Kier alpha value is -2.08. The molecule has 1 aromatic carbocycles. The van der Waals surface area contributed by atoms with Crippen LogP contribution < -0.4 is 0 Å². The van der Waals surface area contributed by atoms with Crippen LogP contribution in [0.3, 0.4) is 0 Å². The first-order chi connectivity index (χ1) is 7.31. The molecule has 3 heteroatoms. The minimum Gasteiger partial charge on any atom is -0.312 e. The monoisotopic (exact) mass is 197 g/mol. The summed E-state index contributed by atoms with van der Waals surface area (Å²) >= 11 is 0. The van der Waals surface area contributed by atoms with E-state index in [2.05, 4.69) is 9.83 Å². The number of imidazole rings is 1. The van der Waals surface area contributed by atoms with Gasteiger partial charge in [-0.25, -0.2) is 11.6 Å². The zero-order valence-corrected chi connectivity index (χ0v) is 8.51. The van der Waals surface area contributed by atoms with Gasteiger partial charge in [-0.3, -0.25) is 0 Å². The van der Waals surface area contributed by atoms with Gasteiger partial charge in [0.2, 0.25) is 6.54 Å². The molecule has 2 aromatic rings. The average molecular weight is 197 g/mol. The molecule has 0 aliphatic rings. The first-order valence-electron chi connectivity index (χ1n) is 4.74. The van der Waals surface area contributed by atoms with E-state index in [9.17, 15) is 0 Å². The van der Waals surface area contributed by atoms with E-state index in [1.165, 1.54) is 0 Å². The molecule has 0 unspecified atom stereocenters. The highest BCUT2D eigenvalue weighted by Gasteiger charge is 2.02. The van der Waals surface area contributed by atoms with Crippen molar-refractivity contribution in [2.45, 2.75) is 13.5 Å². The Morgan fingerprint density at radius 2 is 2.33 bits per heavy atom. The smallest absolute Gasteiger partial charge is 0.239 e. The molecule has 0 aliphatic carbocycles. The van der Waals surface area contributed by atoms with E-state index in [-0.39, 0.29) is 0 Å². The predicted molar refractivity (Wildman–Crippen MR) is 58.6 cm³/mol. The number of aryl methyl sites for hydroxylation is 1. The Morgan fingerprint density at radius 1 is 1.47 bits per heavy atom. The van der Waals surface area contributed by atoms with Crippen molar-refractivity contribution in [2.75, 3.05) is 0 Å². The van der Waals surface area contributed by atoms with E-state index < -0.39 is 0 Å². The summed E-state index contributed by atoms with van der Waals surface area (Å²) in [5.74, 6) is 0.954. The van der Waals surface area contributed by atoms with E-state index in [1.54, 1.807) is 6.20 Å². The third-order valence-corrected chi connectivity index (χ3v) is 2.28. The van der Waals surface area contributed by atoms with Crippen LogP contribution in [0.25, 0.3) is 10.5 Å². The van der Waals surface area contributed by atoms with Crippen molar-refractivity contribution in [1.82, 2.24) is 9.55 Å². The average Bonchev–Trinajstić information content (AvgIpc) is 2.65. The molecule has 15 heavy (non-hydrogen) atoms. The van der Waals surface area contributed by atoms with Gasteiger partial charge in [0.05, 0.1) is 0 Å². The Kier molecular flexibility index (Phi) is 2.51. The molecule has 0 aliphatic heterocycles. The van der Waals surface area contributed by atoms with Crippen LogP contribution >= 0.6 is 0 Å². The molecule has 0 saturated carbocycles. The van der Waals surface area contributed by atoms with Crippen LogP contribution in [0.15, 0.2) is 36.7 Å². The van der Waals surface area contributed by atoms with Crippen LogP contribution in [0.5, 0.6) is 0 Å². The Labute approximate surface area is 88.8 Å². The molecule has 0 saturated heterocycles. The van der Waals surface area contributed by atoms with E-state index in [0.29, 0.717) is 6.54 Å². The van der Waals surface area contributed by atoms with Gasteiger partial charge >= 0.3 is 0 Å². The fourth-order valence-corrected chi connectivity index (χ4v) is 1.55. The number of nitrogens with zero attached hydrogens (tertiary/aromatic N) is 3. The number of benzene rings is 1. The summed E-state index contributed by atoms with van der Waals surface area (Å²) in [6.07, 6.45) is 3.70. The molecule has 2 rings (SSSR count).